The van der Waals surface area contributed by atoms with Gasteiger partial charge in [-0.25, -0.2) is 29.9 Å². The van der Waals surface area contributed by atoms with Crippen LogP contribution >= 0.6 is 0 Å². The van der Waals surface area contributed by atoms with Gasteiger partial charge in [-0.15, -0.1) is 0 Å². The molecule has 0 bridgehead atoms. The molecule has 0 aromatic carbocycles. The minimum absolute atomic E-state index is 0.0267. The van der Waals surface area contributed by atoms with Crippen molar-refractivity contribution < 1.29 is 4.79 Å². The van der Waals surface area contributed by atoms with Gasteiger partial charge in [0, 0.05) is 36.3 Å². The van der Waals surface area contributed by atoms with Gasteiger partial charge in [-0.05, 0) is 39.2 Å². The molecule has 0 saturated heterocycles. The van der Waals surface area contributed by atoms with Gasteiger partial charge in [0.25, 0.3) is 0 Å². The number of nitrogens with zero attached hydrogens (tertiary/aromatic N) is 7. The van der Waals surface area contributed by atoms with Crippen LogP contribution in [0.2, 0.25) is 0 Å². The molecule has 1 aliphatic heterocycles. The maximum Gasteiger partial charge on any atom is 0.236 e. The average Bonchev–Trinajstić information content (AvgIpc) is 3.49. The number of aryl methyl sites for hydroxylation is 2. The van der Waals surface area contributed by atoms with Crippen molar-refractivity contribution in [3.05, 3.63) is 42.4 Å². The second-order valence-electron chi connectivity index (χ2n) is 9.15. The second kappa shape index (κ2) is 7.13. The SMILES string of the molecule is CCn1c(-c2cnc(C)nc2)nc2c(-c3cnc4c(c3)[C@](C)(CC3CC3)C(=O)N4)ncnc21. The highest BCUT2D eigenvalue weighted by atomic mass is 16.2. The van der Waals surface area contributed by atoms with Crippen LogP contribution in [0.1, 0.15) is 44.5 Å². The van der Waals surface area contributed by atoms with E-state index in [-0.39, 0.29) is 5.91 Å². The topological polar surface area (TPSA) is 111 Å². The fourth-order valence-corrected chi connectivity index (χ4v) is 4.76. The molecule has 1 aliphatic carbocycles. The Bertz CT molecular complexity index is 1410. The molecule has 6 rings (SSSR count). The van der Waals surface area contributed by atoms with Gasteiger partial charge < -0.3 is 9.88 Å². The van der Waals surface area contributed by atoms with Gasteiger partial charge in [-0.2, -0.15) is 0 Å². The Morgan fingerprint density at radius 2 is 1.85 bits per heavy atom. The smallest absolute Gasteiger partial charge is 0.236 e. The maximum absolute atomic E-state index is 12.8. The number of hydrogen-bond acceptors (Lipinski definition) is 7. The van der Waals surface area contributed by atoms with Crippen LogP contribution in [0.5, 0.6) is 0 Å². The zero-order valence-electron chi connectivity index (χ0n) is 18.8. The number of pyridine rings is 1. The van der Waals surface area contributed by atoms with Crippen LogP contribution < -0.4 is 5.32 Å². The lowest BCUT2D eigenvalue weighted by molar-refractivity contribution is -0.120. The van der Waals surface area contributed by atoms with Crippen LogP contribution in [-0.2, 0) is 16.8 Å². The van der Waals surface area contributed by atoms with E-state index in [2.05, 4.69) is 37.2 Å². The molecular formula is C24H24N8O. The number of nitrogens with one attached hydrogen (secondary N) is 1. The predicted octanol–water partition coefficient (Wildman–Crippen LogP) is 3.68. The molecule has 33 heavy (non-hydrogen) atoms. The van der Waals surface area contributed by atoms with Crippen molar-refractivity contribution in [2.45, 2.75) is 52.0 Å². The van der Waals surface area contributed by atoms with Crippen LogP contribution in [0.25, 0.3) is 33.8 Å². The molecule has 9 heteroatoms. The molecule has 0 unspecified atom stereocenters. The normalized spacial score (nSPS) is 19.7. The molecular weight excluding hydrogens is 416 g/mol. The van der Waals surface area contributed by atoms with E-state index in [1.807, 2.05) is 24.5 Å². The van der Waals surface area contributed by atoms with Crippen molar-refractivity contribution in [3.63, 3.8) is 0 Å². The highest BCUT2D eigenvalue weighted by Gasteiger charge is 2.46. The van der Waals surface area contributed by atoms with E-state index in [4.69, 9.17) is 4.98 Å². The van der Waals surface area contributed by atoms with Gasteiger partial charge in [0.2, 0.25) is 5.91 Å². The van der Waals surface area contributed by atoms with Crippen molar-refractivity contribution in [2.75, 3.05) is 5.32 Å². The summed E-state index contributed by atoms with van der Waals surface area (Å²) >= 11 is 0. The summed E-state index contributed by atoms with van der Waals surface area (Å²) < 4.78 is 2.04. The Kier molecular flexibility index (Phi) is 4.30. The van der Waals surface area contributed by atoms with Gasteiger partial charge in [-0.3, -0.25) is 4.79 Å². The van der Waals surface area contributed by atoms with Crippen LogP contribution in [0.4, 0.5) is 5.82 Å². The monoisotopic (exact) mass is 440 g/mol. The lowest BCUT2D eigenvalue weighted by Crippen LogP contribution is -2.31. The van der Waals surface area contributed by atoms with Crippen LogP contribution in [0.3, 0.4) is 0 Å². The number of imidazole rings is 1. The molecule has 1 N–H and O–H groups in total. The van der Waals surface area contributed by atoms with E-state index in [9.17, 15) is 4.79 Å². The third-order valence-corrected chi connectivity index (χ3v) is 6.77. The zero-order chi connectivity index (χ0) is 22.7. The second-order valence-corrected chi connectivity index (χ2v) is 9.15. The zero-order valence-corrected chi connectivity index (χ0v) is 18.8. The number of carbonyl (C=O) groups is 1. The van der Waals surface area contributed by atoms with Crippen LogP contribution in [-0.4, -0.2) is 40.4 Å². The van der Waals surface area contributed by atoms with E-state index in [0.29, 0.717) is 35.3 Å². The number of carbonyl (C=O) groups excluding carboxylic acids is 1. The fourth-order valence-electron chi connectivity index (χ4n) is 4.76. The summed E-state index contributed by atoms with van der Waals surface area (Å²) in [5, 5.41) is 2.97. The van der Waals surface area contributed by atoms with Gasteiger partial charge in [-0.1, -0.05) is 12.8 Å². The first kappa shape index (κ1) is 19.9. The summed E-state index contributed by atoms with van der Waals surface area (Å²) in [5.74, 6) is 2.74. The molecule has 4 aromatic rings. The van der Waals surface area contributed by atoms with Crippen molar-refractivity contribution in [1.29, 1.82) is 0 Å². The van der Waals surface area contributed by atoms with Gasteiger partial charge in [0.15, 0.2) is 5.65 Å². The number of anilines is 1. The number of hydrogen-bond donors (Lipinski definition) is 1. The largest absolute Gasteiger partial charge is 0.310 e. The first-order valence-corrected chi connectivity index (χ1v) is 11.3. The molecule has 1 amide bonds. The Hall–Kier alpha value is -3.75. The number of aromatic nitrogens is 7. The van der Waals surface area contributed by atoms with Crippen molar-refractivity contribution >= 4 is 22.9 Å². The standard InChI is InChI=1S/C24H24N8O/c1-4-32-21(16-10-25-13(2)26-11-16)30-19-18(28-12-29-22(19)32)15-7-17-20(27-9-15)31-23(33)24(17,3)8-14-5-6-14/h7,9-12,14H,4-6,8H2,1-3H3,(H,27,31,33)/t24-/m0/s1. The summed E-state index contributed by atoms with van der Waals surface area (Å²) in [6.07, 6.45) is 10.1. The van der Waals surface area contributed by atoms with Gasteiger partial charge in [0.1, 0.15) is 35.0 Å². The first-order chi connectivity index (χ1) is 16.0. The van der Waals surface area contributed by atoms with Crippen LogP contribution in [0, 0.1) is 12.8 Å². The third kappa shape index (κ3) is 3.10. The summed E-state index contributed by atoms with van der Waals surface area (Å²) in [4.78, 5) is 40.1. The van der Waals surface area contributed by atoms with E-state index in [1.54, 1.807) is 24.9 Å². The average molecular weight is 441 g/mol. The molecule has 0 spiro atoms. The highest BCUT2D eigenvalue weighted by Crippen LogP contribution is 2.47. The minimum atomic E-state index is -0.571. The molecule has 166 valence electrons. The molecule has 1 fully saturated rings. The molecule has 2 aliphatic rings. The van der Waals surface area contributed by atoms with Gasteiger partial charge >= 0.3 is 0 Å². The van der Waals surface area contributed by atoms with Gasteiger partial charge in [0.05, 0.1) is 11.0 Å². The number of rotatable bonds is 5. The lowest BCUT2D eigenvalue weighted by Gasteiger charge is -2.22. The molecule has 0 radical (unpaired) electrons. The summed E-state index contributed by atoms with van der Waals surface area (Å²) in [6, 6.07) is 2.05. The van der Waals surface area contributed by atoms with E-state index < -0.39 is 5.41 Å². The third-order valence-electron chi connectivity index (χ3n) is 6.77. The quantitative estimate of drug-likeness (QED) is 0.504. The van der Waals surface area contributed by atoms with Crippen LogP contribution in [0.15, 0.2) is 31.0 Å². The van der Waals surface area contributed by atoms with E-state index in [1.165, 1.54) is 12.8 Å². The summed E-state index contributed by atoms with van der Waals surface area (Å²) in [6.45, 7) is 6.62. The fraction of sp³-hybridized carbons (Fsp3) is 0.375. The molecule has 4 aromatic heterocycles. The van der Waals surface area contributed by atoms with Crippen molar-refractivity contribution in [1.82, 2.24) is 34.5 Å². The van der Waals surface area contributed by atoms with Crippen molar-refractivity contribution in [2.24, 2.45) is 5.92 Å². The predicted molar refractivity (Wildman–Crippen MR) is 123 cm³/mol. The molecule has 5 heterocycles. The molecule has 1 saturated carbocycles. The highest BCUT2D eigenvalue weighted by molar-refractivity contribution is 6.05. The maximum atomic E-state index is 12.8. The summed E-state index contributed by atoms with van der Waals surface area (Å²) in [7, 11) is 0. The Morgan fingerprint density at radius 1 is 1.09 bits per heavy atom. The molecule has 9 nitrogen and oxygen atoms in total. The lowest BCUT2D eigenvalue weighted by atomic mass is 9.79. The summed E-state index contributed by atoms with van der Waals surface area (Å²) in [5.41, 5.74) is 4.15. The molecule has 1 atom stereocenters. The Labute approximate surface area is 190 Å². The Balaban J connectivity index is 1.50. The van der Waals surface area contributed by atoms with Crippen molar-refractivity contribution in [3.8, 4) is 22.6 Å². The number of fused-ring (bicyclic) bond motifs is 2. The first-order valence-electron chi connectivity index (χ1n) is 11.3. The van der Waals surface area contributed by atoms with E-state index in [0.717, 1.165) is 34.6 Å². The number of amides is 1. The van der Waals surface area contributed by atoms with E-state index >= 15 is 0 Å². The minimum Gasteiger partial charge on any atom is -0.310 e. The Morgan fingerprint density at radius 3 is 2.58 bits per heavy atom.